The van der Waals surface area contributed by atoms with Crippen LogP contribution in [0.25, 0.3) is 111 Å². The van der Waals surface area contributed by atoms with Crippen LogP contribution in [-0.2, 0) is 6.18 Å². The highest BCUT2D eigenvalue weighted by molar-refractivity contribution is 6.13. The SMILES string of the molecule is Fc1cccc(F)c1-c1c(-n2c3ccccc3c3cc(-c4ccc(-c5ccccc5)nc4)ccc32)cc(C(F)(F)F)cc1-n1c2ccccc2c2cc(-c3ccc(-c4ccccc4)nc3)ccc21. The molecule has 68 heavy (non-hydrogen) atoms. The topological polar surface area (TPSA) is 35.6 Å². The number of para-hydroxylation sites is 2. The van der Waals surface area contributed by atoms with Crippen LogP contribution in [0, 0.1) is 11.6 Å². The average molecular weight is 895 g/mol. The lowest BCUT2D eigenvalue weighted by Crippen LogP contribution is -2.12. The van der Waals surface area contributed by atoms with Crippen molar-refractivity contribution in [1.29, 1.82) is 0 Å². The zero-order valence-corrected chi connectivity index (χ0v) is 35.9. The zero-order chi connectivity index (χ0) is 46.1. The van der Waals surface area contributed by atoms with Gasteiger partial charge >= 0.3 is 6.18 Å². The molecule has 0 N–H and O–H groups in total. The number of benzene rings is 8. The fourth-order valence-corrected chi connectivity index (χ4v) is 9.63. The molecule has 0 radical (unpaired) electrons. The summed E-state index contributed by atoms with van der Waals surface area (Å²) < 4.78 is 83.3. The second kappa shape index (κ2) is 16.0. The van der Waals surface area contributed by atoms with Gasteiger partial charge in [-0.3, -0.25) is 9.97 Å². The molecule has 4 heterocycles. The highest BCUT2D eigenvalue weighted by Gasteiger charge is 2.35. The summed E-state index contributed by atoms with van der Waals surface area (Å²) in [7, 11) is 0. The Hall–Kier alpha value is -8.69. The van der Waals surface area contributed by atoms with Crippen LogP contribution in [0.4, 0.5) is 22.0 Å². The van der Waals surface area contributed by atoms with Crippen LogP contribution in [0.3, 0.4) is 0 Å². The maximum atomic E-state index is 16.6. The Morgan fingerprint density at radius 2 is 0.750 bits per heavy atom. The molecule has 12 rings (SSSR count). The monoisotopic (exact) mass is 894 g/mol. The predicted molar refractivity (Wildman–Crippen MR) is 263 cm³/mol. The standard InChI is InChI=1S/C59H35F5N4/c60-47-18-11-19-48(61)57(47)58-55(67-51-20-9-7-16-43(51)45-30-38(24-28-53(45)67)40-22-26-49(65-34-40)36-12-3-1-4-13-36)32-42(59(62,63)64)33-56(58)68-52-21-10-8-17-44(52)46-31-39(25-29-54(46)68)41-23-27-50(66-35-41)37-14-5-2-6-15-37/h1-35H. The molecule has 4 aromatic heterocycles. The van der Waals surface area contributed by atoms with Gasteiger partial charge in [0.25, 0.3) is 0 Å². The lowest BCUT2D eigenvalue weighted by Gasteiger charge is -2.23. The molecule has 0 aliphatic carbocycles. The molecule has 8 aromatic carbocycles. The summed E-state index contributed by atoms with van der Waals surface area (Å²) in [6.45, 7) is 0. The van der Waals surface area contributed by atoms with Crippen LogP contribution in [0.5, 0.6) is 0 Å². The van der Waals surface area contributed by atoms with E-state index < -0.39 is 28.9 Å². The van der Waals surface area contributed by atoms with Crippen molar-refractivity contribution < 1.29 is 22.0 Å². The molecule has 12 aromatic rings. The minimum absolute atomic E-state index is 0.0428. The summed E-state index contributed by atoms with van der Waals surface area (Å²) in [5.74, 6) is -1.84. The third kappa shape index (κ3) is 6.81. The van der Waals surface area contributed by atoms with Gasteiger partial charge in [-0.05, 0) is 83.9 Å². The van der Waals surface area contributed by atoms with E-state index in [4.69, 9.17) is 9.97 Å². The Morgan fingerprint density at radius 3 is 1.18 bits per heavy atom. The van der Waals surface area contributed by atoms with E-state index in [1.165, 1.54) is 6.07 Å². The van der Waals surface area contributed by atoms with Crippen LogP contribution >= 0.6 is 0 Å². The van der Waals surface area contributed by atoms with E-state index in [0.717, 1.165) is 90.6 Å². The highest BCUT2D eigenvalue weighted by Crippen LogP contribution is 2.47. The Labute approximate surface area is 386 Å². The molecule has 0 aliphatic rings. The van der Waals surface area contributed by atoms with Gasteiger partial charge < -0.3 is 9.13 Å². The Morgan fingerprint density at radius 1 is 0.338 bits per heavy atom. The van der Waals surface area contributed by atoms with Crippen LogP contribution in [-0.4, -0.2) is 19.1 Å². The first kappa shape index (κ1) is 40.8. The molecule has 4 nitrogen and oxygen atoms in total. The number of nitrogens with zero attached hydrogens (tertiary/aromatic N) is 4. The van der Waals surface area contributed by atoms with Crippen LogP contribution in [0.1, 0.15) is 5.56 Å². The molecule has 9 heteroatoms. The quantitative estimate of drug-likeness (QED) is 0.149. The van der Waals surface area contributed by atoms with E-state index >= 15 is 22.0 Å². The van der Waals surface area contributed by atoms with E-state index in [1.807, 2.05) is 158 Å². The van der Waals surface area contributed by atoms with Crippen molar-refractivity contribution in [2.75, 3.05) is 0 Å². The molecule has 0 saturated heterocycles. The first-order valence-electron chi connectivity index (χ1n) is 22.0. The van der Waals surface area contributed by atoms with Gasteiger partial charge in [0.1, 0.15) is 11.6 Å². The zero-order valence-electron chi connectivity index (χ0n) is 35.9. The highest BCUT2D eigenvalue weighted by atomic mass is 19.4. The number of alkyl halides is 3. The third-order valence-corrected chi connectivity index (χ3v) is 12.8. The largest absolute Gasteiger partial charge is 0.416 e. The van der Waals surface area contributed by atoms with Crippen molar-refractivity contribution in [2.45, 2.75) is 6.18 Å². The second-order valence-corrected chi connectivity index (χ2v) is 16.7. The van der Waals surface area contributed by atoms with Gasteiger partial charge in [-0.25, -0.2) is 8.78 Å². The van der Waals surface area contributed by atoms with Gasteiger partial charge in [0.2, 0.25) is 0 Å². The fraction of sp³-hybridized carbons (Fsp3) is 0.0169. The summed E-state index contributed by atoms with van der Waals surface area (Å²) in [4.78, 5) is 9.48. The molecule has 0 spiro atoms. The lowest BCUT2D eigenvalue weighted by atomic mass is 9.96. The molecule has 326 valence electrons. The smallest absolute Gasteiger partial charge is 0.309 e. The average Bonchev–Trinajstić information content (AvgIpc) is 3.88. The molecule has 0 unspecified atom stereocenters. The first-order valence-corrected chi connectivity index (χ1v) is 22.0. The van der Waals surface area contributed by atoms with Gasteiger partial charge in [-0.2, -0.15) is 13.2 Å². The van der Waals surface area contributed by atoms with Gasteiger partial charge in [0, 0.05) is 61.8 Å². The van der Waals surface area contributed by atoms with Crippen LogP contribution in [0.2, 0.25) is 0 Å². The summed E-state index contributed by atoms with van der Waals surface area (Å²) >= 11 is 0. The van der Waals surface area contributed by atoms with Crippen molar-refractivity contribution in [3.63, 3.8) is 0 Å². The van der Waals surface area contributed by atoms with Gasteiger partial charge in [-0.1, -0.05) is 127 Å². The van der Waals surface area contributed by atoms with Gasteiger partial charge in [0.05, 0.1) is 56.0 Å². The Kier molecular flexibility index (Phi) is 9.62. The molecular weight excluding hydrogens is 860 g/mol. The number of fused-ring (bicyclic) bond motifs is 6. The van der Waals surface area contributed by atoms with Gasteiger partial charge in [0.15, 0.2) is 0 Å². The van der Waals surface area contributed by atoms with Gasteiger partial charge in [-0.15, -0.1) is 0 Å². The maximum absolute atomic E-state index is 16.6. The van der Waals surface area contributed by atoms with Crippen molar-refractivity contribution >= 4 is 43.6 Å². The molecule has 0 fully saturated rings. The Balaban J connectivity index is 1.11. The minimum atomic E-state index is -4.86. The summed E-state index contributed by atoms with van der Waals surface area (Å²) in [5, 5.41) is 2.96. The molecule has 0 bridgehead atoms. The molecule has 0 amide bonds. The normalized spacial score (nSPS) is 11.9. The van der Waals surface area contributed by atoms with Crippen molar-refractivity contribution in [1.82, 2.24) is 19.1 Å². The third-order valence-electron chi connectivity index (χ3n) is 12.8. The maximum Gasteiger partial charge on any atom is 0.416 e. The summed E-state index contributed by atoms with van der Waals surface area (Å²) in [5.41, 5.74) is 7.58. The second-order valence-electron chi connectivity index (χ2n) is 16.7. The number of hydrogen-bond donors (Lipinski definition) is 0. The number of pyridine rings is 2. The van der Waals surface area contributed by atoms with E-state index in [9.17, 15) is 0 Å². The first-order chi connectivity index (χ1) is 33.2. The number of rotatable bonds is 7. The molecule has 0 saturated carbocycles. The predicted octanol–water partition coefficient (Wildman–Crippen LogP) is 16.3. The van der Waals surface area contributed by atoms with E-state index in [2.05, 4.69) is 0 Å². The van der Waals surface area contributed by atoms with Crippen LogP contribution < -0.4 is 0 Å². The minimum Gasteiger partial charge on any atom is -0.309 e. The molecular formula is C59H35F5N4. The van der Waals surface area contributed by atoms with Crippen molar-refractivity contribution in [3.8, 4) is 67.3 Å². The van der Waals surface area contributed by atoms with E-state index in [0.29, 0.717) is 22.1 Å². The number of hydrogen-bond acceptors (Lipinski definition) is 2. The molecule has 0 aliphatic heterocycles. The van der Waals surface area contributed by atoms with E-state index in [-0.39, 0.29) is 16.9 Å². The van der Waals surface area contributed by atoms with Crippen molar-refractivity contribution in [2.24, 2.45) is 0 Å². The number of aromatic nitrogens is 4. The van der Waals surface area contributed by atoms with Crippen LogP contribution in [0.15, 0.2) is 213 Å². The lowest BCUT2D eigenvalue weighted by molar-refractivity contribution is -0.137. The van der Waals surface area contributed by atoms with Crippen molar-refractivity contribution in [3.05, 3.63) is 230 Å². The summed E-state index contributed by atoms with van der Waals surface area (Å²) in [6, 6.07) is 59.3. The number of halogens is 5. The molecule has 0 atom stereocenters. The van der Waals surface area contributed by atoms with E-state index in [1.54, 1.807) is 33.7 Å². The Bertz CT molecular complexity index is 3650. The summed E-state index contributed by atoms with van der Waals surface area (Å²) in [6.07, 6.45) is -1.26. The fourth-order valence-electron chi connectivity index (χ4n) is 9.63.